The van der Waals surface area contributed by atoms with Crippen LogP contribution in [0.2, 0.25) is 0 Å². The SMILES string of the molecule is CC(C)(C)c1cccc2c1oc1c(-c3ccc(N(c4ccc(-c5cccc6c5sc5c(C(C)(C)C)cccc56)cc4)c4cccc5oc6ccccc6c45)cc3)cccc12. The lowest BCUT2D eigenvalue weighted by atomic mass is 9.86. The van der Waals surface area contributed by atoms with Gasteiger partial charge in [-0.1, -0.05) is 163 Å². The van der Waals surface area contributed by atoms with Crippen molar-refractivity contribution in [1.82, 2.24) is 0 Å². The number of para-hydroxylation sites is 3. The van der Waals surface area contributed by atoms with E-state index < -0.39 is 0 Å². The molecular weight excluding hydrogens is 751 g/mol. The molecule has 292 valence electrons. The predicted molar refractivity (Wildman–Crippen MR) is 257 cm³/mol. The molecule has 0 N–H and O–H groups in total. The highest BCUT2D eigenvalue weighted by Crippen LogP contribution is 2.47. The van der Waals surface area contributed by atoms with Gasteiger partial charge in [-0.2, -0.15) is 0 Å². The fourth-order valence-corrected chi connectivity index (χ4v) is 10.8. The molecule has 0 radical (unpaired) electrons. The van der Waals surface area contributed by atoms with Crippen LogP contribution in [-0.4, -0.2) is 0 Å². The minimum Gasteiger partial charge on any atom is -0.456 e. The molecule has 4 heteroatoms. The molecule has 0 saturated heterocycles. The van der Waals surface area contributed by atoms with E-state index in [1.54, 1.807) is 0 Å². The Kier molecular flexibility index (Phi) is 8.18. The van der Waals surface area contributed by atoms with Crippen molar-refractivity contribution in [2.45, 2.75) is 52.4 Å². The summed E-state index contributed by atoms with van der Waals surface area (Å²) < 4.78 is 15.9. The van der Waals surface area contributed by atoms with Crippen molar-refractivity contribution in [2.24, 2.45) is 0 Å². The Hall–Kier alpha value is -6.62. The Morgan fingerprint density at radius 1 is 0.400 bits per heavy atom. The maximum absolute atomic E-state index is 6.78. The molecule has 11 aromatic rings. The Labute approximate surface area is 354 Å². The summed E-state index contributed by atoms with van der Waals surface area (Å²) in [6.45, 7) is 13.7. The lowest BCUT2D eigenvalue weighted by Gasteiger charge is -2.26. The van der Waals surface area contributed by atoms with Gasteiger partial charge in [0, 0.05) is 58.8 Å². The molecule has 3 aromatic heterocycles. The van der Waals surface area contributed by atoms with Crippen molar-refractivity contribution in [3.8, 4) is 22.3 Å². The van der Waals surface area contributed by atoms with E-state index in [1.165, 1.54) is 42.4 Å². The molecule has 0 amide bonds. The zero-order valence-corrected chi connectivity index (χ0v) is 35.6. The molecule has 11 rings (SSSR count). The topological polar surface area (TPSA) is 29.5 Å². The summed E-state index contributed by atoms with van der Waals surface area (Å²) in [7, 11) is 0. The first-order chi connectivity index (χ1) is 29.0. The Morgan fingerprint density at radius 3 is 1.60 bits per heavy atom. The van der Waals surface area contributed by atoms with Gasteiger partial charge >= 0.3 is 0 Å². The highest BCUT2D eigenvalue weighted by Gasteiger charge is 2.24. The van der Waals surface area contributed by atoms with Crippen LogP contribution in [0.3, 0.4) is 0 Å². The van der Waals surface area contributed by atoms with Crippen LogP contribution in [0.4, 0.5) is 17.1 Å². The minimum absolute atomic E-state index is 0.0396. The van der Waals surface area contributed by atoms with Crippen molar-refractivity contribution in [3.05, 3.63) is 175 Å². The number of hydrogen-bond acceptors (Lipinski definition) is 4. The number of furan rings is 2. The second-order valence-corrected chi connectivity index (χ2v) is 19.1. The second kappa shape index (κ2) is 13.5. The van der Waals surface area contributed by atoms with Gasteiger partial charge in [0.1, 0.15) is 22.3 Å². The highest BCUT2D eigenvalue weighted by atomic mass is 32.1. The highest BCUT2D eigenvalue weighted by molar-refractivity contribution is 7.26. The van der Waals surface area contributed by atoms with E-state index in [0.717, 1.165) is 72.1 Å². The van der Waals surface area contributed by atoms with Gasteiger partial charge in [-0.25, -0.2) is 0 Å². The summed E-state index contributed by atoms with van der Waals surface area (Å²) in [5.74, 6) is 0. The summed E-state index contributed by atoms with van der Waals surface area (Å²) in [5, 5.41) is 7.13. The van der Waals surface area contributed by atoms with Crippen LogP contribution in [0.15, 0.2) is 173 Å². The summed E-state index contributed by atoms with van der Waals surface area (Å²) in [4.78, 5) is 2.37. The summed E-state index contributed by atoms with van der Waals surface area (Å²) in [5.41, 5.74) is 14.1. The first-order valence-corrected chi connectivity index (χ1v) is 21.7. The van der Waals surface area contributed by atoms with Crippen LogP contribution >= 0.6 is 11.3 Å². The van der Waals surface area contributed by atoms with Crippen molar-refractivity contribution < 1.29 is 8.83 Å². The quantitative estimate of drug-likeness (QED) is 0.174. The standard InChI is InChI=1S/C56H45NO2S/c1-55(2,3)45-21-11-18-41-40-17-9-15-38(51(40)59-52(41)45)34-26-30-36(31-27-34)57(47-23-13-25-49-50(47)44-14-7-8-24-48(44)58-49)37-32-28-35(29-33-37)39-16-10-19-42-43-20-12-22-46(56(4,5)6)54(43)60-53(39)42/h7-33H,1-6H3. The zero-order chi connectivity index (χ0) is 40.9. The van der Waals surface area contributed by atoms with Crippen molar-refractivity contribution in [3.63, 3.8) is 0 Å². The Balaban J connectivity index is 1.05. The van der Waals surface area contributed by atoms with Crippen LogP contribution in [0, 0.1) is 0 Å². The van der Waals surface area contributed by atoms with Crippen LogP contribution in [-0.2, 0) is 10.8 Å². The van der Waals surface area contributed by atoms with Gasteiger partial charge in [0.05, 0.1) is 11.1 Å². The number of thiophene rings is 1. The normalized spacial score (nSPS) is 12.5. The largest absolute Gasteiger partial charge is 0.456 e. The van der Waals surface area contributed by atoms with Crippen molar-refractivity contribution >= 4 is 92.4 Å². The van der Waals surface area contributed by atoms with Gasteiger partial charge in [-0.05, 0) is 75.5 Å². The molecule has 0 aliphatic rings. The van der Waals surface area contributed by atoms with E-state index in [-0.39, 0.29) is 10.8 Å². The molecule has 0 aliphatic heterocycles. The smallest absolute Gasteiger partial charge is 0.143 e. The monoisotopic (exact) mass is 795 g/mol. The molecule has 60 heavy (non-hydrogen) atoms. The fourth-order valence-electron chi connectivity index (χ4n) is 9.23. The van der Waals surface area contributed by atoms with Gasteiger partial charge < -0.3 is 13.7 Å². The third-order valence-electron chi connectivity index (χ3n) is 12.2. The predicted octanol–water partition coefficient (Wildman–Crippen LogP) is 17.3. The molecule has 0 fully saturated rings. The van der Waals surface area contributed by atoms with Crippen LogP contribution in [0.25, 0.3) is 86.3 Å². The van der Waals surface area contributed by atoms with Gasteiger partial charge in [0.2, 0.25) is 0 Å². The number of rotatable bonds is 5. The number of benzene rings is 8. The first kappa shape index (κ1) is 36.5. The minimum atomic E-state index is -0.0396. The number of fused-ring (bicyclic) bond motifs is 9. The van der Waals surface area contributed by atoms with Gasteiger partial charge in [0.15, 0.2) is 0 Å². The number of hydrogen-bond donors (Lipinski definition) is 0. The molecule has 0 spiro atoms. The fraction of sp³-hybridized carbons (Fsp3) is 0.143. The number of anilines is 3. The lowest BCUT2D eigenvalue weighted by Crippen LogP contribution is -2.10. The summed E-state index contributed by atoms with van der Waals surface area (Å²) >= 11 is 1.92. The zero-order valence-electron chi connectivity index (χ0n) is 34.8. The molecule has 0 aliphatic carbocycles. The molecule has 0 unspecified atom stereocenters. The first-order valence-electron chi connectivity index (χ1n) is 20.8. The van der Waals surface area contributed by atoms with Crippen molar-refractivity contribution in [1.29, 1.82) is 0 Å². The third kappa shape index (κ3) is 5.77. The molecule has 0 bridgehead atoms. The summed E-state index contributed by atoms with van der Waals surface area (Å²) in [6.07, 6.45) is 0. The maximum Gasteiger partial charge on any atom is 0.143 e. The van der Waals surface area contributed by atoms with E-state index in [0.29, 0.717) is 0 Å². The van der Waals surface area contributed by atoms with Gasteiger partial charge in [-0.15, -0.1) is 11.3 Å². The average molecular weight is 796 g/mol. The van der Waals surface area contributed by atoms with Crippen LogP contribution in [0.1, 0.15) is 52.7 Å². The Bertz CT molecular complexity index is 3260. The molecule has 8 aromatic carbocycles. The molecule has 0 atom stereocenters. The second-order valence-electron chi connectivity index (χ2n) is 18.1. The number of nitrogens with zero attached hydrogens (tertiary/aromatic N) is 1. The average Bonchev–Trinajstić information content (AvgIpc) is 3.95. The maximum atomic E-state index is 6.78. The van der Waals surface area contributed by atoms with Crippen LogP contribution in [0.5, 0.6) is 0 Å². The van der Waals surface area contributed by atoms with Crippen molar-refractivity contribution in [2.75, 3.05) is 4.90 Å². The third-order valence-corrected chi connectivity index (χ3v) is 13.4. The summed E-state index contributed by atoms with van der Waals surface area (Å²) in [6, 6.07) is 59.3. The van der Waals surface area contributed by atoms with Crippen LogP contribution < -0.4 is 4.90 Å². The molecular formula is C56H45NO2S. The van der Waals surface area contributed by atoms with E-state index in [1.807, 2.05) is 17.4 Å². The van der Waals surface area contributed by atoms with E-state index >= 15 is 0 Å². The van der Waals surface area contributed by atoms with E-state index in [2.05, 4.69) is 204 Å². The lowest BCUT2D eigenvalue weighted by molar-refractivity contribution is 0.573. The van der Waals surface area contributed by atoms with E-state index in [4.69, 9.17) is 8.83 Å². The van der Waals surface area contributed by atoms with Gasteiger partial charge in [-0.3, -0.25) is 0 Å². The Morgan fingerprint density at radius 2 is 0.917 bits per heavy atom. The molecule has 3 heterocycles. The molecule has 0 saturated carbocycles. The van der Waals surface area contributed by atoms with E-state index in [9.17, 15) is 0 Å². The van der Waals surface area contributed by atoms with Gasteiger partial charge in [0.25, 0.3) is 0 Å². The molecule has 3 nitrogen and oxygen atoms in total.